The van der Waals surface area contributed by atoms with Crippen LogP contribution in [0, 0.1) is 0 Å². The molecule has 1 heterocycles. The first-order valence-electron chi connectivity index (χ1n) is 8.23. The van der Waals surface area contributed by atoms with Gasteiger partial charge in [0.15, 0.2) is 0 Å². The smallest absolute Gasteiger partial charge is 0.251 e. The minimum absolute atomic E-state index is 0.194. The summed E-state index contributed by atoms with van der Waals surface area (Å²) in [4.78, 5) is 26.8. The van der Waals surface area contributed by atoms with Gasteiger partial charge in [-0.25, -0.2) is 0 Å². The zero-order valence-electron chi connectivity index (χ0n) is 14.3. The van der Waals surface area contributed by atoms with E-state index in [1.807, 2.05) is 54.6 Å². The Morgan fingerprint density at radius 1 is 1.16 bits per heavy atom. The Morgan fingerprint density at radius 2 is 1.80 bits per heavy atom. The van der Waals surface area contributed by atoms with Gasteiger partial charge in [0, 0.05) is 7.05 Å². The molecule has 3 rings (SSSR count). The summed E-state index contributed by atoms with van der Waals surface area (Å²) in [6.45, 7) is 1.60. The van der Waals surface area contributed by atoms with Crippen LogP contribution in [-0.4, -0.2) is 30.9 Å². The molecule has 130 valence electrons. The van der Waals surface area contributed by atoms with Gasteiger partial charge < -0.3 is 21.3 Å². The van der Waals surface area contributed by atoms with E-state index in [1.165, 1.54) is 0 Å². The number of carbonyl (C=O) groups is 2. The van der Waals surface area contributed by atoms with Crippen LogP contribution in [0.25, 0.3) is 0 Å². The molecule has 2 aromatic rings. The predicted molar refractivity (Wildman–Crippen MR) is 98.2 cm³/mol. The van der Waals surface area contributed by atoms with Crippen LogP contribution < -0.4 is 21.3 Å². The van der Waals surface area contributed by atoms with Gasteiger partial charge >= 0.3 is 0 Å². The molecule has 2 aromatic carbocycles. The second-order valence-electron chi connectivity index (χ2n) is 6.22. The molecule has 6 nitrogen and oxygen atoms in total. The number of hydrogen-bond acceptors (Lipinski definition) is 4. The van der Waals surface area contributed by atoms with Crippen LogP contribution in [0.2, 0.25) is 0 Å². The number of anilines is 2. The molecule has 0 spiro atoms. The van der Waals surface area contributed by atoms with Crippen molar-refractivity contribution in [2.75, 3.05) is 17.3 Å². The summed E-state index contributed by atoms with van der Waals surface area (Å²) in [6.07, 6.45) is 0. The van der Waals surface area contributed by atoms with Gasteiger partial charge in [0.1, 0.15) is 6.04 Å². The maximum Gasteiger partial charge on any atom is 0.251 e. The second kappa shape index (κ2) is 6.94. The van der Waals surface area contributed by atoms with E-state index in [4.69, 9.17) is 5.73 Å². The average molecular weight is 338 g/mol. The largest absolute Gasteiger partial charge is 0.374 e. The van der Waals surface area contributed by atoms with Gasteiger partial charge in [0.05, 0.1) is 23.5 Å². The first-order valence-corrected chi connectivity index (χ1v) is 8.23. The van der Waals surface area contributed by atoms with Crippen molar-refractivity contribution in [3.63, 3.8) is 0 Å². The third-order valence-corrected chi connectivity index (χ3v) is 4.38. The molecule has 0 aromatic heterocycles. The number of benzene rings is 2. The van der Waals surface area contributed by atoms with Crippen LogP contribution in [0.3, 0.4) is 0 Å². The Bertz CT molecular complexity index is 776. The van der Waals surface area contributed by atoms with Crippen molar-refractivity contribution in [3.8, 4) is 0 Å². The number of nitrogens with zero attached hydrogens (tertiary/aromatic N) is 1. The van der Waals surface area contributed by atoms with E-state index in [2.05, 4.69) is 10.6 Å². The third kappa shape index (κ3) is 3.34. The van der Waals surface area contributed by atoms with Gasteiger partial charge in [-0.1, -0.05) is 42.5 Å². The molecule has 4 N–H and O–H groups in total. The number of likely N-dealkylation sites (N-methyl/N-ethyl adjacent to an activating group) is 1. The average Bonchev–Trinajstić information content (AvgIpc) is 2.73. The summed E-state index contributed by atoms with van der Waals surface area (Å²) in [5.41, 5.74) is 8.20. The van der Waals surface area contributed by atoms with Crippen molar-refractivity contribution in [2.24, 2.45) is 5.73 Å². The fraction of sp³-hybridized carbons (Fsp3) is 0.263. The molecule has 0 bridgehead atoms. The molecule has 0 saturated heterocycles. The van der Waals surface area contributed by atoms with Gasteiger partial charge in [0.25, 0.3) is 5.91 Å². The fourth-order valence-corrected chi connectivity index (χ4v) is 2.97. The zero-order valence-corrected chi connectivity index (χ0v) is 14.3. The molecule has 2 amide bonds. The van der Waals surface area contributed by atoms with Crippen molar-refractivity contribution in [1.29, 1.82) is 0 Å². The van der Waals surface area contributed by atoms with E-state index < -0.39 is 18.1 Å². The highest BCUT2D eigenvalue weighted by molar-refractivity contribution is 6.03. The van der Waals surface area contributed by atoms with Gasteiger partial charge in [-0.2, -0.15) is 0 Å². The molecule has 0 saturated carbocycles. The van der Waals surface area contributed by atoms with Crippen LogP contribution in [0.5, 0.6) is 0 Å². The van der Waals surface area contributed by atoms with Gasteiger partial charge in [-0.15, -0.1) is 0 Å². The lowest BCUT2D eigenvalue weighted by atomic mass is 9.98. The summed E-state index contributed by atoms with van der Waals surface area (Å²) >= 11 is 0. The first-order chi connectivity index (χ1) is 12.0. The number of rotatable bonds is 3. The van der Waals surface area contributed by atoms with E-state index in [0.29, 0.717) is 0 Å². The molecule has 1 aliphatic heterocycles. The van der Waals surface area contributed by atoms with Crippen LogP contribution in [0.4, 0.5) is 11.4 Å². The molecule has 0 radical (unpaired) electrons. The molecule has 25 heavy (non-hydrogen) atoms. The predicted octanol–water partition coefficient (Wildman–Crippen LogP) is 1.65. The van der Waals surface area contributed by atoms with Crippen LogP contribution in [0.15, 0.2) is 54.6 Å². The van der Waals surface area contributed by atoms with Crippen molar-refractivity contribution in [2.45, 2.75) is 25.0 Å². The van der Waals surface area contributed by atoms with E-state index in [-0.39, 0.29) is 11.8 Å². The maximum atomic E-state index is 13.1. The van der Waals surface area contributed by atoms with Crippen molar-refractivity contribution in [3.05, 3.63) is 60.2 Å². The van der Waals surface area contributed by atoms with Crippen molar-refractivity contribution in [1.82, 2.24) is 5.32 Å². The molecular formula is C19H22N4O2. The number of fused-ring (bicyclic) bond motifs is 1. The molecule has 2 unspecified atom stereocenters. The van der Waals surface area contributed by atoms with Crippen molar-refractivity contribution < 1.29 is 9.59 Å². The Kier molecular flexibility index (Phi) is 4.72. The molecular weight excluding hydrogens is 316 g/mol. The van der Waals surface area contributed by atoms with Gasteiger partial charge in [-0.05, 0) is 24.6 Å². The topological polar surface area (TPSA) is 87.5 Å². The minimum Gasteiger partial charge on any atom is -0.374 e. The number of hydrogen-bond donors (Lipinski definition) is 3. The monoisotopic (exact) mass is 338 g/mol. The van der Waals surface area contributed by atoms with E-state index >= 15 is 0 Å². The maximum absolute atomic E-state index is 13.1. The highest BCUT2D eigenvalue weighted by Crippen LogP contribution is 2.34. The molecule has 0 fully saturated rings. The lowest BCUT2D eigenvalue weighted by molar-refractivity contribution is -0.128. The fourth-order valence-electron chi connectivity index (χ4n) is 2.97. The Morgan fingerprint density at radius 3 is 2.48 bits per heavy atom. The first kappa shape index (κ1) is 17.0. The summed E-state index contributed by atoms with van der Waals surface area (Å²) < 4.78 is 0. The quantitative estimate of drug-likeness (QED) is 0.794. The molecule has 0 aliphatic carbocycles. The van der Waals surface area contributed by atoms with Crippen LogP contribution in [-0.2, 0) is 9.59 Å². The lowest BCUT2D eigenvalue weighted by Crippen LogP contribution is -2.54. The zero-order chi connectivity index (χ0) is 18.0. The Labute approximate surface area is 147 Å². The van der Waals surface area contributed by atoms with E-state index in [9.17, 15) is 9.59 Å². The van der Waals surface area contributed by atoms with Gasteiger partial charge in [-0.3, -0.25) is 9.59 Å². The molecule has 1 aliphatic rings. The van der Waals surface area contributed by atoms with Gasteiger partial charge in [0.2, 0.25) is 5.91 Å². The number of nitrogens with two attached hydrogens (primary N) is 1. The normalized spacial score (nSPS) is 20.9. The summed E-state index contributed by atoms with van der Waals surface area (Å²) in [5.74, 6) is -0.555. The van der Waals surface area contributed by atoms with Crippen molar-refractivity contribution >= 4 is 23.2 Å². The summed E-state index contributed by atoms with van der Waals surface area (Å²) in [7, 11) is 1.71. The standard InChI is InChI=1S/C19H22N4O2/c1-12(20)18(24)22-17-16(13-8-4-3-5-9-13)21-14-10-6-7-11-15(14)23(2)19(17)25/h3-12,16-17,21H,20H2,1-2H3,(H,22,24)/t12-,16?,17?/m0/s1. The van der Waals surface area contributed by atoms with E-state index in [0.717, 1.165) is 16.9 Å². The second-order valence-corrected chi connectivity index (χ2v) is 6.22. The Balaban J connectivity index is 2.06. The molecule has 3 atom stereocenters. The molecule has 6 heteroatoms. The lowest BCUT2D eigenvalue weighted by Gasteiger charge is -2.28. The Hall–Kier alpha value is -2.86. The highest BCUT2D eigenvalue weighted by atomic mass is 16.2. The summed E-state index contributed by atoms with van der Waals surface area (Å²) in [6, 6.07) is 15.3. The number of carbonyl (C=O) groups excluding carboxylic acids is 2. The van der Waals surface area contributed by atoms with Crippen LogP contribution >= 0.6 is 0 Å². The number of amides is 2. The van der Waals surface area contributed by atoms with Crippen LogP contribution in [0.1, 0.15) is 18.5 Å². The van der Waals surface area contributed by atoms with E-state index in [1.54, 1.807) is 18.9 Å². The number of para-hydroxylation sites is 2. The number of nitrogens with one attached hydrogen (secondary N) is 2. The highest BCUT2D eigenvalue weighted by Gasteiger charge is 2.37. The summed E-state index contributed by atoms with van der Waals surface area (Å²) in [5, 5.41) is 6.22. The third-order valence-electron chi connectivity index (χ3n) is 4.38. The minimum atomic E-state index is -0.765. The SMILES string of the molecule is C[C@H](N)C(=O)NC1C(=O)N(C)c2ccccc2NC1c1ccccc1.